The Morgan fingerprint density at radius 2 is 2.04 bits per heavy atom. The molecule has 0 aliphatic heterocycles. The summed E-state index contributed by atoms with van der Waals surface area (Å²) in [4.78, 5) is 24.3. The maximum atomic E-state index is 12.4. The van der Waals surface area contributed by atoms with E-state index >= 15 is 0 Å². The van der Waals surface area contributed by atoms with Gasteiger partial charge >= 0.3 is 5.82 Å². The third-order valence-corrected chi connectivity index (χ3v) is 4.50. The van der Waals surface area contributed by atoms with E-state index in [4.69, 9.17) is 22.7 Å². The van der Waals surface area contributed by atoms with Crippen molar-refractivity contribution in [1.29, 1.82) is 0 Å². The molecule has 0 saturated heterocycles. The molecular formula is C18H14ClN7O2. The van der Waals surface area contributed by atoms with Crippen LogP contribution in [0.5, 0.6) is 0 Å². The Bertz CT molecular complexity index is 1250. The minimum Gasteiger partial charge on any atom is -0.357 e. The standard InChI is InChI=1S/C18H14ClN7O2/c1-20-17-15-16(18(27)25(2)10-21-15)26(23-17)9-14-22-13(24-28-14)8-5-11-3-6-12(19)7-4-11/h3-4,6-7,10H,5,8-9H2,2H3. The van der Waals surface area contributed by atoms with Crippen LogP contribution in [-0.4, -0.2) is 29.5 Å². The molecule has 28 heavy (non-hydrogen) atoms. The Hall–Kier alpha value is -3.51. The van der Waals surface area contributed by atoms with Crippen molar-refractivity contribution in [3.05, 3.63) is 74.7 Å². The number of rotatable bonds is 5. The Morgan fingerprint density at radius 3 is 2.79 bits per heavy atom. The van der Waals surface area contributed by atoms with E-state index in [1.165, 1.54) is 15.6 Å². The number of aromatic nitrogens is 6. The van der Waals surface area contributed by atoms with Gasteiger partial charge in [-0.15, -0.1) is 0 Å². The predicted molar refractivity (Wildman–Crippen MR) is 101 cm³/mol. The Morgan fingerprint density at radius 1 is 1.25 bits per heavy atom. The van der Waals surface area contributed by atoms with Gasteiger partial charge < -0.3 is 13.9 Å². The molecule has 3 aromatic heterocycles. The average Bonchev–Trinajstić information content (AvgIpc) is 3.29. The third-order valence-electron chi connectivity index (χ3n) is 4.24. The van der Waals surface area contributed by atoms with Crippen LogP contribution in [0.3, 0.4) is 0 Å². The maximum Gasteiger partial charge on any atom is 0.321 e. The molecule has 10 heteroatoms. The molecule has 140 valence electrons. The molecular weight excluding hydrogens is 382 g/mol. The lowest BCUT2D eigenvalue weighted by Crippen LogP contribution is -2.20. The quantitative estimate of drug-likeness (QED) is 0.482. The number of benzene rings is 1. The van der Waals surface area contributed by atoms with Crippen LogP contribution < -0.4 is 5.56 Å². The summed E-state index contributed by atoms with van der Waals surface area (Å²) in [6.45, 7) is 7.32. The minimum absolute atomic E-state index is 0.0650. The first-order chi connectivity index (χ1) is 13.5. The molecule has 0 radical (unpaired) electrons. The van der Waals surface area contributed by atoms with Crippen LogP contribution >= 0.6 is 11.6 Å². The van der Waals surface area contributed by atoms with Crippen molar-refractivity contribution in [2.75, 3.05) is 0 Å². The van der Waals surface area contributed by atoms with Crippen molar-refractivity contribution < 1.29 is 4.52 Å². The summed E-state index contributed by atoms with van der Waals surface area (Å²) >= 11 is 5.89. The fourth-order valence-electron chi connectivity index (χ4n) is 2.82. The van der Waals surface area contributed by atoms with E-state index in [1.54, 1.807) is 7.05 Å². The van der Waals surface area contributed by atoms with Crippen LogP contribution in [0.2, 0.25) is 5.02 Å². The van der Waals surface area contributed by atoms with Crippen molar-refractivity contribution in [2.24, 2.45) is 7.05 Å². The van der Waals surface area contributed by atoms with Crippen LogP contribution in [-0.2, 0) is 26.4 Å². The van der Waals surface area contributed by atoms with Crippen molar-refractivity contribution in [2.45, 2.75) is 19.4 Å². The lowest BCUT2D eigenvalue weighted by Gasteiger charge is -1.98. The first-order valence-electron chi connectivity index (χ1n) is 8.40. The second-order valence-electron chi connectivity index (χ2n) is 6.18. The maximum absolute atomic E-state index is 12.4. The fourth-order valence-corrected chi connectivity index (χ4v) is 2.94. The van der Waals surface area contributed by atoms with Gasteiger partial charge in [0.2, 0.25) is 5.89 Å². The Kier molecular flexibility index (Phi) is 4.63. The van der Waals surface area contributed by atoms with Gasteiger partial charge in [0.05, 0.1) is 6.33 Å². The monoisotopic (exact) mass is 395 g/mol. The number of aryl methyl sites for hydroxylation is 3. The highest BCUT2D eigenvalue weighted by Crippen LogP contribution is 2.21. The summed E-state index contributed by atoms with van der Waals surface area (Å²) in [5.41, 5.74) is 1.32. The van der Waals surface area contributed by atoms with Gasteiger partial charge in [-0.25, -0.2) is 4.98 Å². The minimum atomic E-state index is -0.296. The summed E-state index contributed by atoms with van der Waals surface area (Å²) in [5, 5.41) is 8.83. The van der Waals surface area contributed by atoms with Crippen molar-refractivity contribution in [3.8, 4) is 0 Å². The molecule has 9 nitrogen and oxygen atoms in total. The Balaban J connectivity index is 1.56. The zero-order chi connectivity index (χ0) is 19.7. The molecule has 0 N–H and O–H groups in total. The van der Waals surface area contributed by atoms with Gasteiger partial charge in [-0.1, -0.05) is 35.5 Å². The van der Waals surface area contributed by atoms with E-state index in [9.17, 15) is 4.79 Å². The molecule has 0 spiro atoms. The summed E-state index contributed by atoms with van der Waals surface area (Å²) in [6, 6.07) is 7.58. The van der Waals surface area contributed by atoms with E-state index < -0.39 is 0 Å². The summed E-state index contributed by atoms with van der Waals surface area (Å²) in [7, 11) is 1.59. The molecule has 0 fully saturated rings. The molecule has 0 bridgehead atoms. The highest BCUT2D eigenvalue weighted by atomic mass is 35.5. The van der Waals surface area contributed by atoms with Gasteiger partial charge in [0.25, 0.3) is 5.56 Å². The topological polar surface area (TPSA) is 96.0 Å². The molecule has 0 saturated carbocycles. The van der Waals surface area contributed by atoms with Crippen LogP contribution in [0.4, 0.5) is 5.82 Å². The van der Waals surface area contributed by atoms with Crippen LogP contribution in [0.1, 0.15) is 17.3 Å². The fraction of sp³-hybridized carbons (Fsp3) is 0.222. The lowest BCUT2D eigenvalue weighted by atomic mass is 10.1. The number of halogens is 1. The number of nitrogens with zero attached hydrogens (tertiary/aromatic N) is 7. The zero-order valence-corrected chi connectivity index (χ0v) is 15.6. The lowest BCUT2D eigenvalue weighted by molar-refractivity contribution is 0.363. The highest BCUT2D eigenvalue weighted by Gasteiger charge is 2.20. The smallest absolute Gasteiger partial charge is 0.321 e. The molecule has 0 atom stereocenters. The first-order valence-corrected chi connectivity index (χ1v) is 8.78. The number of hydrogen-bond acceptors (Lipinski definition) is 6. The largest absolute Gasteiger partial charge is 0.357 e. The van der Waals surface area contributed by atoms with Gasteiger partial charge in [-0.05, 0) is 29.2 Å². The van der Waals surface area contributed by atoms with Gasteiger partial charge in [-0.2, -0.15) is 9.67 Å². The molecule has 4 rings (SSSR count). The zero-order valence-electron chi connectivity index (χ0n) is 14.8. The summed E-state index contributed by atoms with van der Waals surface area (Å²) < 4.78 is 8.00. The van der Waals surface area contributed by atoms with Crippen LogP contribution in [0, 0.1) is 6.57 Å². The normalized spacial score (nSPS) is 11.0. The highest BCUT2D eigenvalue weighted by molar-refractivity contribution is 6.30. The van der Waals surface area contributed by atoms with E-state index in [0.717, 1.165) is 12.0 Å². The Labute approximate surface area is 164 Å². The van der Waals surface area contributed by atoms with Crippen molar-refractivity contribution in [1.82, 2.24) is 29.5 Å². The average molecular weight is 396 g/mol. The molecule has 1 aromatic carbocycles. The number of hydrogen-bond donors (Lipinski definition) is 0. The van der Waals surface area contributed by atoms with E-state index in [1.807, 2.05) is 24.3 Å². The van der Waals surface area contributed by atoms with Gasteiger partial charge in [0.1, 0.15) is 12.1 Å². The summed E-state index contributed by atoms with van der Waals surface area (Å²) in [5.74, 6) is 0.922. The van der Waals surface area contributed by atoms with Crippen molar-refractivity contribution >= 4 is 28.5 Å². The van der Waals surface area contributed by atoms with E-state index in [0.29, 0.717) is 23.2 Å². The van der Waals surface area contributed by atoms with Crippen molar-refractivity contribution in [3.63, 3.8) is 0 Å². The third kappa shape index (κ3) is 3.37. The molecule has 0 aliphatic carbocycles. The van der Waals surface area contributed by atoms with Gasteiger partial charge in [-0.3, -0.25) is 4.79 Å². The van der Waals surface area contributed by atoms with E-state index in [2.05, 4.69) is 25.1 Å². The summed E-state index contributed by atoms with van der Waals surface area (Å²) in [6.07, 6.45) is 2.71. The number of fused-ring (bicyclic) bond motifs is 1. The predicted octanol–water partition coefficient (Wildman–Crippen LogP) is 2.55. The van der Waals surface area contributed by atoms with Gasteiger partial charge in [0, 0.05) is 18.5 Å². The molecule has 3 heterocycles. The second kappa shape index (κ2) is 7.25. The molecule has 0 aliphatic rings. The SMILES string of the molecule is [C-]#[N+]c1nn(Cc2nc(CCc3ccc(Cl)cc3)no2)c2c(=O)n(C)cnc12. The van der Waals surface area contributed by atoms with E-state index in [-0.39, 0.29) is 29.0 Å². The van der Waals surface area contributed by atoms with Gasteiger partial charge in [0.15, 0.2) is 11.3 Å². The van der Waals surface area contributed by atoms with Crippen LogP contribution in [0.25, 0.3) is 15.9 Å². The molecule has 0 unspecified atom stereocenters. The molecule has 4 aromatic rings. The molecule has 0 amide bonds. The second-order valence-corrected chi connectivity index (χ2v) is 6.62. The first kappa shape index (κ1) is 17.9. The van der Waals surface area contributed by atoms with Crippen LogP contribution in [0.15, 0.2) is 39.9 Å².